The van der Waals surface area contributed by atoms with Crippen LogP contribution in [0.15, 0.2) is 24.3 Å². The fourth-order valence-electron chi connectivity index (χ4n) is 1.66. The molecule has 1 aromatic carbocycles. The number of para-hydroxylation sites is 1. The monoisotopic (exact) mass is 230 g/mol. The third kappa shape index (κ3) is 2.59. The fourth-order valence-corrected chi connectivity index (χ4v) is 1.66. The number of methoxy groups -OCH3 is 1. The molecular formula is C14H14O3. The molecule has 88 valence electrons. The number of esters is 1. The lowest BCUT2D eigenvalue weighted by atomic mass is 10.2. The van der Waals surface area contributed by atoms with Gasteiger partial charge in [-0.3, -0.25) is 0 Å². The molecule has 0 bridgehead atoms. The summed E-state index contributed by atoms with van der Waals surface area (Å²) >= 11 is 0. The second-order valence-electron chi connectivity index (χ2n) is 4.03. The van der Waals surface area contributed by atoms with Crippen LogP contribution in [-0.2, 0) is 4.74 Å². The van der Waals surface area contributed by atoms with E-state index in [-0.39, 0.29) is 0 Å². The molecular weight excluding hydrogens is 216 g/mol. The predicted molar refractivity (Wildman–Crippen MR) is 63.8 cm³/mol. The fraction of sp³-hybridized carbons (Fsp3) is 0.357. The van der Waals surface area contributed by atoms with Crippen molar-refractivity contribution in [1.82, 2.24) is 0 Å². The molecule has 0 amide bonds. The Labute approximate surface area is 101 Å². The van der Waals surface area contributed by atoms with Gasteiger partial charge in [0.05, 0.1) is 7.11 Å². The number of hydrogen-bond acceptors (Lipinski definition) is 3. The normalized spacial score (nSPS) is 15.8. The second kappa shape index (κ2) is 4.92. The molecule has 1 aliphatic carbocycles. The predicted octanol–water partition coefficient (Wildman–Crippen LogP) is 2.26. The van der Waals surface area contributed by atoms with Gasteiger partial charge in [-0.15, -0.1) is 6.42 Å². The van der Waals surface area contributed by atoms with Crippen molar-refractivity contribution in [2.24, 2.45) is 5.92 Å². The molecule has 1 saturated carbocycles. The van der Waals surface area contributed by atoms with Crippen molar-refractivity contribution < 1.29 is 14.3 Å². The maximum Gasteiger partial charge on any atom is 0.343 e. The van der Waals surface area contributed by atoms with E-state index in [1.54, 1.807) is 24.3 Å². The summed E-state index contributed by atoms with van der Waals surface area (Å²) in [7, 11) is 1.52. The molecule has 3 nitrogen and oxygen atoms in total. The number of terminal acetylenes is 1. The van der Waals surface area contributed by atoms with Gasteiger partial charge in [0.2, 0.25) is 0 Å². The highest BCUT2D eigenvalue weighted by molar-refractivity contribution is 5.92. The summed E-state index contributed by atoms with van der Waals surface area (Å²) in [5.74, 6) is 2.93. The van der Waals surface area contributed by atoms with E-state index in [1.165, 1.54) is 7.11 Å². The number of ether oxygens (including phenoxy) is 2. The molecule has 0 spiro atoms. The van der Waals surface area contributed by atoms with Crippen molar-refractivity contribution in [1.29, 1.82) is 0 Å². The molecule has 0 radical (unpaired) electrons. The highest BCUT2D eigenvalue weighted by atomic mass is 16.5. The van der Waals surface area contributed by atoms with Gasteiger partial charge in [-0.25, -0.2) is 4.79 Å². The summed E-state index contributed by atoms with van der Waals surface area (Å²) in [6, 6.07) is 6.95. The third-order valence-corrected chi connectivity index (χ3v) is 2.78. The first-order chi connectivity index (χ1) is 8.26. The van der Waals surface area contributed by atoms with Crippen LogP contribution in [0.5, 0.6) is 5.75 Å². The zero-order chi connectivity index (χ0) is 12.3. The Morgan fingerprint density at radius 2 is 2.18 bits per heavy atom. The largest absolute Gasteiger partial charge is 0.496 e. The average Bonchev–Trinajstić information content (AvgIpc) is 3.19. The van der Waals surface area contributed by atoms with Crippen LogP contribution in [0, 0.1) is 18.3 Å². The van der Waals surface area contributed by atoms with Crippen LogP contribution in [0.3, 0.4) is 0 Å². The summed E-state index contributed by atoms with van der Waals surface area (Å²) in [5.41, 5.74) is 0.413. The zero-order valence-corrected chi connectivity index (χ0v) is 9.68. The van der Waals surface area contributed by atoms with Crippen molar-refractivity contribution in [3.63, 3.8) is 0 Å². The van der Waals surface area contributed by atoms with Crippen LogP contribution in [0.1, 0.15) is 23.2 Å². The Bertz CT molecular complexity index is 455. The Balaban J connectivity index is 2.11. The van der Waals surface area contributed by atoms with Gasteiger partial charge < -0.3 is 9.47 Å². The number of benzene rings is 1. The van der Waals surface area contributed by atoms with E-state index in [4.69, 9.17) is 15.9 Å². The Hall–Kier alpha value is -1.95. The number of carbonyl (C=O) groups is 1. The maximum atomic E-state index is 11.9. The number of carbonyl (C=O) groups excluding carboxylic acids is 1. The molecule has 1 fully saturated rings. The summed E-state index contributed by atoms with van der Waals surface area (Å²) in [4.78, 5) is 11.9. The van der Waals surface area contributed by atoms with Crippen LogP contribution < -0.4 is 4.74 Å². The SMILES string of the molecule is C#C[C@H](OC(=O)c1ccccc1OC)C1CC1. The van der Waals surface area contributed by atoms with Crippen molar-refractivity contribution in [2.45, 2.75) is 18.9 Å². The first-order valence-electron chi connectivity index (χ1n) is 5.56. The molecule has 1 aromatic rings. The first-order valence-corrected chi connectivity index (χ1v) is 5.56. The Morgan fingerprint density at radius 3 is 2.76 bits per heavy atom. The van der Waals surface area contributed by atoms with Gasteiger partial charge in [0.1, 0.15) is 11.3 Å². The van der Waals surface area contributed by atoms with E-state index in [0.29, 0.717) is 17.2 Å². The van der Waals surface area contributed by atoms with E-state index < -0.39 is 12.1 Å². The van der Waals surface area contributed by atoms with E-state index in [2.05, 4.69) is 5.92 Å². The summed E-state index contributed by atoms with van der Waals surface area (Å²) in [6.45, 7) is 0. The molecule has 17 heavy (non-hydrogen) atoms. The smallest absolute Gasteiger partial charge is 0.343 e. The van der Waals surface area contributed by atoms with Crippen molar-refractivity contribution in [3.05, 3.63) is 29.8 Å². The zero-order valence-electron chi connectivity index (χ0n) is 9.68. The lowest BCUT2D eigenvalue weighted by Gasteiger charge is -2.12. The molecule has 0 unspecified atom stereocenters. The lowest BCUT2D eigenvalue weighted by molar-refractivity contribution is 0.0370. The van der Waals surface area contributed by atoms with Gasteiger partial charge in [0.15, 0.2) is 6.10 Å². The second-order valence-corrected chi connectivity index (χ2v) is 4.03. The molecule has 0 saturated heterocycles. The topological polar surface area (TPSA) is 35.5 Å². The molecule has 0 heterocycles. The molecule has 0 aromatic heterocycles. The minimum atomic E-state index is -0.419. The standard InChI is InChI=1S/C14H14O3/c1-3-12(10-8-9-10)17-14(15)11-6-4-5-7-13(11)16-2/h1,4-7,10,12H,8-9H2,2H3/t12-/m0/s1. The number of rotatable bonds is 4. The van der Waals surface area contributed by atoms with Crippen LogP contribution in [0.2, 0.25) is 0 Å². The van der Waals surface area contributed by atoms with Gasteiger partial charge in [0, 0.05) is 5.92 Å². The quantitative estimate of drug-likeness (QED) is 0.588. The van der Waals surface area contributed by atoms with E-state index in [9.17, 15) is 4.79 Å². The lowest BCUT2D eigenvalue weighted by Crippen LogP contribution is -2.19. The maximum absolute atomic E-state index is 11.9. The van der Waals surface area contributed by atoms with Crippen molar-refractivity contribution >= 4 is 5.97 Å². The van der Waals surface area contributed by atoms with Gasteiger partial charge >= 0.3 is 5.97 Å². The molecule has 1 aliphatic rings. The summed E-state index contributed by atoms with van der Waals surface area (Å²) in [5, 5.41) is 0. The van der Waals surface area contributed by atoms with Gasteiger partial charge in [-0.2, -0.15) is 0 Å². The van der Waals surface area contributed by atoms with Crippen molar-refractivity contribution in [3.8, 4) is 18.1 Å². The number of hydrogen-bond donors (Lipinski definition) is 0. The highest BCUT2D eigenvalue weighted by Gasteiger charge is 2.33. The van der Waals surface area contributed by atoms with Crippen molar-refractivity contribution in [2.75, 3.05) is 7.11 Å². The van der Waals surface area contributed by atoms with Crippen LogP contribution in [-0.4, -0.2) is 19.2 Å². The van der Waals surface area contributed by atoms with E-state index in [1.807, 2.05) is 0 Å². The average molecular weight is 230 g/mol. The van der Waals surface area contributed by atoms with Gasteiger partial charge in [0.25, 0.3) is 0 Å². The highest BCUT2D eigenvalue weighted by Crippen LogP contribution is 2.34. The summed E-state index contributed by atoms with van der Waals surface area (Å²) in [6.07, 6.45) is 7.01. The van der Waals surface area contributed by atoms with Crippen LogP contribution >= 0.6 is 0 Å². The Morgan fingerprint density at radius 1 is 1.47 bits per heavy atom. The molecule has 0 N–H and O–H groups in total. The van der Waals surface area contributed by atoms with Gasteiger partial charge in [-0.05, 0) is 25.0 Å². The molecule has 0 aliphatic heterocycles. The minimum absolute atomic E-state index is 0.332. The van der Waals surface area contributed by atoms with E-state index in [0.717, 1.165) is 12.8 Å². The van der Waals surface area contributed by atoms with Gasteiger partial charge in [-0.1, -0.05) is 18.1 Å². The molecule has 1 atom stereocenters. The van der Waals surface area contributed by atoms with E-state index >= 15 is 0 Å². The minimum Gasteiger partial charge on any atom is -0.496 e. The Kier molecular flexibility index (Phi) is 3.34. The summed E-state index contributed by atoms with van der Waals surface area (Å²) < 4.78 is 10.4. The van der Waals surface area contributed by atoms with Crippen LogP contribution in [0.25, 0.3) is 0 Å². The molecule has 2 rings (SSSR count). The molecule has 3 heteroatoms. The third-order valence-electron chi connectivity index (χ3n) is 2.78. The first kappa shape index (κ1) is 11.5. The van der Waals surface area contributed by atoms with Crippen LogP contribution in [0.4, 0.5) is 0 Å².